The summed E-state index contributed by atoms with van der Waals surface area (Å²) in [4.78, 5) is 0.534. The van der Waals surface area contributed by atoms with Crippen LogP contribution in [0, 0.1) is 0 Å². The van der Waals surface area contributed by atoms with Crippen LogP contribution in [-0.4, -0.2) is 104 Å². The van der Waals surface area contributed by atoms with Crippen LogP contribution in [0.2, 0.25) is 5.02 Å². The van der Waals surface area contributed by atoms with Crippen molar-refractivity contribution in [1.29, 1.82) is 0 Å². The average molecular weight is 954 g/mol. The van der Waals surface area contributed by atoms with Gasteiger partial charge in [0.25, 0.3) is 0 Å². The van der Waals surface area contributed by atoms with Crippen molar-refractivity contribution in [1.82, 2.24) is 29.7 Å². The van der Waals surface area contributed by atoms with E-state index in [-0.39, 0.29) is 9.79 Å². The van der Waals surface area contributed by atoms with Gasteiger partial charge in [0.05, 0.1) is 9.79 Å². The summed E-state index contributed by atoms with van der Waals surface area (Å²) in [5.41, 5.74) is 6.85. The Hall–Kier alpha value is -4.63. The molecule has 2 aromatic heterocycles. The number of benzene rings is 4. The van der Waals surface area contributed by atoms with Crippen molar-refractivity contribution in [3.63, 3.8) is 0 Å². The lowest BCUT2D eigenvalue weighted by Gasteiger charge is -2.08. The number of nitrogens with zero attached hydrogens (tertiary/aromatic N) is 6. The molecule has 19 heteroatoms. The third-order valence-electron chi connectivity index (χ3n) is 8.47. The van der Waals surface area contributed by atoms with Gasteiger partial charge in [-0.1, -0.05) is 138 Å². The first kappa shape index (κ1) is 47.4. The number of thioether (sulfide) groups is 2. The smallest absolute Gasteiger partial charge is 0.175 e. The number of rotatable bonds is 12. The Morgan fingerprint density at radius 2 is 0.984 bits per heavy atom. The third kappa shape index (κ3) is 13.7. The zero-order valence-electron chi connectivity index (χ0n) is 33.2. The predicted octanol–water partition coefficient (Wildman–Crippen LogP) is 9.51. The normalized spacial score (nSPS) is 11.7. The molecule has 61 heavy (non-hydrogen) atoms. The summed E-state index contributed by atoms with van der Waals surface area (Å²) >= 11 is 18.8. The van der Waals surface area contributed by atoms with E-state index < -0.39 is 19.7 Å². The van der Waals surface area contributed by atoms with Crippen molar-refractivity contribution >= 4 is 100 Å². The molecule has 0 amide bonds. The van der Waals surface area contributed by atoms with E-state index in [4.69, 9.17) is 36.0 Å². The molecular weight excluding hydrogens is 912 g/mol. The SMILES string of the molecule is CN(O)C(=S)SCC=Cn1cc(-c2ccc(Cl)cc2)c(-c2ccc(S(C)(=O)=O)cc2)n1.CN(O)C(=S)SCC=Cn1cc(-c2ccc(S(C)(=O)=O)cc2)c(-c2ccccc2)n1. The molecular formula is C42H41ClN6O6S6. The first-order valence-corrected chi connectivity index (χ1v) is 25.0. The molecule has 4 aromatic carbocycles. The van der Waals surface area contributed by atoms with Gasteiger partial charge in [0, 0.05) is 90.2 Å². The van der Waals surface area contributed by atoms with Crippen LogP contribution in [0.5, 0.6) is 0 Å². The minimum Gasteiger partial charge on any atom is -0.287 e. The van der Waals surface area contributed by atoms with Crippen LogP contribution in [0.15, 0.2) is 137 Å². The van der Waals surface area contributed by atoms with Crippen molar-refractivity contribution in [3.05, 3.63) is 133 Å². The van der Waals surface area contributed by atoms with Crippen molar-refractivity contribution in [2.45, 2.75) is 9.79 Å². The Labute approximate surface area is 379 Å². The molecule has 0 unspecified atom stereocenters. The maximum absolute atomic E-state index is 11.8. The molecule has 0 radical (unpaired) electrons. The number of hydrogen-bond acceptors (Lipinski definition) is 12. The fourth-order valence-corrected chi connectivity index (χ4v) is 8.30. The van der Waals surface area contributed by atoms with E-state index in [1.54, 1.807) is 64.1 Å². The molecule has 6 rings (SSSR count). The maximum Gasteiger partial charge on any atom is 0.175 e. The van der Waals surface area contributed by atoms with E-state index in [1.165, 1.54) is 50.1 Å². The number of halogens is 1. The summed E-state index contributed by atoms with van der Waals surface area (Å²) in [6.45, 7) is 0. The highest BCUT2D eigenvalue weighted by molar-refractivity contribution is 8.23. The van der Waals surface area contributed by atoms with Gasteiger partial charge < -0.3 is 0 Å². The van der Waals surface area contributed by atoms with E-state index in [1.807, 2.05) is 85.3 Å². The molecule has 0 spiro atoms. The number of sulfone groups is 2. The lowest BCUT2D eigenvalue weighted by Crippen LogP contribution is -2.17. The number of aromatic nitrogens is 4. The highest BCUT2D eigenvalue weighted by Crippen LogP contribution is 2.34. The fraction of sp³-hybridized carbons (Fsp3) is 0.143. The van der Waals surface area contributed by atoms with Crippen molar-refractivity contribution < 1.29 is 27.3 Å². The van der Waals surface area contributed by atoms with Gasteiger partial charge in [0.15, 0.2) is 28.3 Å². The molecule has 0 bridgehead atoms. The monoisotopic (exact) mass is 952 g/mol. The molecule has 0 aliphatic rings. The first-order chi connectivity index (χ1) is 28.9. The van der Waals surface area contributed by atoms with Gasteiger partial charge in [-0.2, -0.15) is 10.2 Å². The van der Waals surface area contributed by atoms with Gasteiger partial charge >= 0.3 is 0 Å². The van der Waals surface area contributed by atoms with Crippen LogP contribution in [-0.2, 0) is 19.7 Å². The van der Waals surface area contributed by atoms with Crippen molar-refractivity contribution in [2.24, 2.45) is 0 Å². The standard InChI is InChI=1S/C21H20ClN3O3S3.C21H21N3O3S3/c1-24(26)21(29)30-13-3-12-25-14-19(15-4-8-17(22)9-5-15)20(23-25)16-6-10-18(11-7-16)31(2,27)28;1-23(25)21(28)29-14-6-13-24-15-19(20(22-24)17-7-4-3-5-8-17)16-9-11-18(12-10-16)30(2,26)27/h3-12,14,26H,13H2,1-2H3;3-13,15,25H,14H2,1-2H3. The number of hydroxylamine groups is 4. The van der Waals surface area contributed by atoms with Gasteiger partial charge in [0.1, 0.15) is 11.4 Å². The van der Waals surface area contributed by atoms with E-state index >= 15 is 0 Å². The molecule has 2 N–H and O–H groups in total. The Morgan fingerprint density at radius 1 is 0.623 bits per heavy atom. The van der Waals surface area contributed by atoms with E-state index in [0.717, 1.165) is 49.2 Å². The summed E-state index contributed by atoms with van der Waals surface area (Å²) in [7, 11) is -3.57. The Morgan fingerprint density at radius 3 is 1.36 bits per heavy atom. The molecule has 0 saturated carbocycles. The second-order valence-electron chi connectivity index (χ2n) is 13.2. The molecule has 0 aliphatic carbocycles. The van der Waals surface area contributed by atoms with Crippen LogP contribution in [0.3, 0.4) is 0 Å². The second-order valence-corrected chi connectivity index (χ2v) is 21.0. The summed E-state index contributed by atoms with van der Waals surface area (Å²) in [5.74, 6) is 1.15. The number of thiocarbonyl (C=S) groups is 2. The molecule has 0 saturated heterocycles. The molecule has 0 fully saturated rings. The van der Waals surface area contributed by atoms with Gasteiger partial charge in [-0.15, -0.1) is 0 Å². The van der Waals surface area contributed by atoms with Crippen LogP contribution in [0.4, 0.5) is 0 Å². The molecule has 6 aromatic rings. The van der Waals surface area contributed by atoms with Gasteiger partial charge in [-0.05, 0) is 47.5 Å². The van der Waals surface area contributed by atoms with E-state index in [0.29, 0.717) is 30.9 Å². The molecule has 318 valence electrons. The highest BCUT2D eigenvalue weighted by atomic mass is 35.5. The van der Waals surface area contributed by atoms with E-state index in [9.17, 15) is 27.3 Å². The zero-order valence-corrected chi connectivity index (χ0v) is 38.9. The van der Waals surface area contributed by atoms with Crippen molar-refractivity contribution in [2.75, 3.05) is 38.1 Å². The van der Waals surface area contributed by atoms with Crippen molar-refractivity contribution in [3.8, 4) is 44.8 Å². The van der Waals surface area contributed by atoms with Crippen LogP contribution >= 0.6 is 59.6 Å². The Balaban J connectivity index is 0.000000231. The van der Waals surface area contributed by atoms with Crippen LogP contribution in [0.25, 0.3) is 57.2 Å². The molecule has 2 heterocycles. The topological polar surface area (TPSA) is 151 Å². The summed E-state index contributed by atoms with van der Waals surface area (Å²) in [5, 5.41) is 30.4. The quantitative estimate of drug-likeness (QED) is 0.0885. The Bertz CT molecular complexity index is 2740. The first-order valence-electron chi connectivity index (χ1n) is 18.0. The van der Waals surface area contributed by atoms with Gasteiger partial charge in [-0.25, -0.2) is 36.3 Å². The molecule has 12 nitrogen and oxygen atoms in total. The van der Waals surface area contributed by atoms with Gasteiger partial charge in [-0.3, -0.25) is 10.4 Å². The number of hydrogen-bond donors (Lipinski definition) is 2. The maximum atomic E-state index is 11.8. The van der Waals surface area contributed by atoms with E-state index in [2.05, 4.69) is 10.2 Å². The van der Waals surface area contributed by atoms with Gasteiger partial charge in [0.2, 0.25) is 0 Å². The lowest BCUT2D eigenvalue weighted by molar-refractivity contribution is 0.0203. The summed E-state index contributed by atoms with van der Waals surface area (Å²) in [6.07, 6.45) is 13.6. The molecule has 0 atom stereocenters. The Kier molecular flexibility index (Phi) is 16.7. The van der Waals surface area contributed by atoms with Crippen LogP contribution in [0.1, 0.15) is 0 Å². The average Bonchev–Trinajstić information content (AvgIpc) is 3.86. The highest BCUT2D eigenvalue weighted by Gasteiger charge is 2.16. The zero-order chi connectivity index (χ0) is 44.3. The minimum atomic E-state index is -3.28. The minimum absolute atomic E-state index is 0.255. The second kappa shape index (κ2) is 21.4. The third-order valence-corrected chi connectivity index (χ3v) is 14.0. The largest absolute Gasteiger partial charge is 0.287 e. The summed E-state index contributed by atoms with van der Waals surface area (Å²) < 4.78 is 51.2. The summed E-state index contributed by atoms with van der Waals surface area (Å²) in [6, 6.07) is 30.7. The van der Waals surface area contributed by atoms with Crippen LogP contribution < -0.4 is 0 Å². The lowest BCUT2D eigenvalue weighted by atomic mass is 10.0. The predicted molar refractivity (Wildman–Crippen MR) is 257 cm³/mol. The fourth-order valence-electron chi connectivity index (χ4n) is 5.48. The molecule has 0 aliphatic heterocycles.